The Balaban J connectivity index is 3.05. The number of sulfone groups is 1. The second-order valence-corrected chi connectivity index (χ2v) is 5.80. The Hall–Kier alpha value is -0.290. The van der Waals surface area contributed by atoms with E-state index >= 15 is 0 Å². The van der Waals surface area contributed by atoms with E-state index in [2.05, 4.69) is 4.74 Å². The Bertz CT molecular complexity index is 353. The summed E-state index contributed by atoms with van der Waals surface area (Å²) >= 11 is 0. The minimum absolute atomic E-state index is 0.608. The molecule has 9 heteroatoms. The molecule has 0 aromatic rings. The first-order chi connectivity index (χ1) is 7.15. The van der Waals surface area contributed by atoms with Crippen LogP contribution in [0.3, 0.4) is 0 Å². The van der Waals surface area contributed by atoms with Gasteiger partial charge in [-0.1, -0.05) is 0 Å². The highest BCUT2D eigenvalue weighted by Gasteiger charge is 2.61. The SMILES string of the molecule is CS(=O)(=O)[C@]1(O)O[C@H]([C@H](O)CO)[C@H](O)[C@H]1O. The van der Waals surface area contributed by atoms with Gasteiger partial charge in [0.2, 0.25) is 9.84 Å². The van der Waals surface area contributed by atoms with Crippen molar-refractivity contribution in [1.29, 1.82) is 0 Å². The summed E-state index contributed by atoms with van der Waals surface area (Å²) in [5.74, 6) is 0. The predicted octanol–water partition coefficient (Wildman–Crippen LogP) is -3.85. The average Bonchev–Trinajstić information content (AvgIpc) is 2.42. The van der Waals surface area contributed by atoms with Crippen LogP contribution in [0, 0.1) is 0 Å². The van der Waals surface area contributed by atoms with Crippen molar-refractivity contribution in [2.45, 2.75) is 29.5 Å². The van der Waals surface area contributed by atoms with Crippen molar-refractivity contribution in [3.8, 4) is 0 Å². The van der Waals surface area contributed by atoms with Crippen molar-refractivity contribution in [1.82, 2.24) is 0 Å². The molecule has 1 rings (SSSR count). The van der Waals surface area contributed by atoms with Crippen molar-refractivity contribution in [2.24, 2.45) is 0 Å². The van der Waals surface area contributed by atoms with Gasteiger partial charge in [-0.3, -0.25) is 0 Å². The van der Waals surface area contributed by atoms with Gasteiger partial charge >= 0.3 is 5.12 Å². The highest BCUT2D eigenvalue weighted by atomic mass is 32.2. The van der Waals surface area contributed by atoms with Crippen LogP contribution in [0.15, 0.2) is 0 Å². The minimum atomic E-state index is -4.23. The second-order valence-electron chi connectivity index (χ2n) is 3.67. The largest absolute Gasteiger partial charge is 0.394 e. The fourth-order valence-electron chi connectivity index (χ4n) is 1.45. The van der Waals surface area contributed by atoms with Crippen molar-refractivity contribution in [3.63, 3.8) is 0 Å². The molecule has 5 N–H and O–H groups in total. The third kappa shape index (κ3) is 1.95. The molecule has 1 fully saturated rings. The molecule has 8 nitrogen and oxygen atoms in total. The standard InChI is InChI=1S/C7H14O8S/c1-16(13,14)7(12)6(11)4(10)5(15-7)3(9)2-8/h3-6,8-12H,2H2,1H3/t3-,4+,5-,6-,7-/m1/s1. The van der Waals surface area contributed by atoms with Crippen LogP contribution in [-0.2, 0) is 14.6 Å². The van der Waals surface area contributed by atoms with Gasteiger partial charge in [0.25, 0.3) is 0 Å². The predicted molar refractivity (Wildman–Crippen MR) is 49.8 cm³/mol. The zero-order valence-electron chi connectivity index (χ0n) is 8.39. The van der Waals surface area contributed by atoms with Crippen LogP contribution >= 0.6 is 0 Å². The van der Waals surface area contributed by atoms with Crippen LogP contribution in [0.25, 0.3) is 0 Å². The smallest absolute Gasteiger partial charge is 0.301 e. The fraction of sp³-hybridized carbons (Fsp3) is 1.00. The summed E-state index contributed by atoms with van der Waals surface area (Å²) in [4.78, 5) is 0. The molecule has 96 valence electrons. The maximum Gasteiger partial charge on any atom is 0.301 e. The molecule has 0 radical (unpaired) electrons. The minimum Gasteiger partial charge on any atom is -0.394 e. The Morgan fingerprint density at radius 2 is 1.94 bits per heavy atom. The van der Waals surface area contributed by atoms with E-state index in [1.807, 2.05) is 0 Å². The van der Waals surface area contributed by atoms with Gasteiger partial charge in [-0.25, -0.2) is 8.42 Å². The fourth-order valence-corrected chi connectivity index (χ4v) is 2.31. The molecule has 1 heterocycles. The van der Waals surface area contributed by atoms with Gasteiger partial charge in [0.1, 0.15) is 18.3 Å². The number of aliphatic hydroxyl groups is 5. The number of rotatable bonds is 3. The molecule has 0 saturated carbocycles. The van der Waals surface area contributed by atoms with Crippen molar-refractivity contribution >= 4 is 9.84 Å². The Kier molecular flexibility index (Phi) is 3.60. The van der Waals surface area contributed by atoms with E-state index in [-0.39, 0.29) is 0 Å². The van der Waals surface area contributed by atoms with Crippen LogP contribution in [0.2, 0.25) is 0 Å². The lowest BCUT2D eigenvalue weighted by Crippen LogP contribution is -2.49. The first-order valence-electron chi connectivity index (χ1n) is 4.40. The number of hydrogen-bond acceptors (Lipinski definition) is 8. The maximum absolute atomic E-state index is 11.2. The molecular formula is C7H14O8S. The summed E-state index contributed by atoms with van der Waals surface area (Å²) in [6, 6.07) is 0. The molecule has 5 atom stereocenters. The topological polar surface area (TPSA) is 145 Å². The van der Waals surface area contributed by atoms with E-state index in [0.717, 1.165) is 0 Å². The summed E-state index contributed by atoms with van der Waals surface area (Å²) in [6.07, 6.45) is -6.52. The first kappa shape index (κ1) is 13.8. The first-order valence-corrected chi connectivity index (χ1v) is 6.29. The summed E-state index contributed by atoms with van der Waals surface area (Å²) in [6.45, 7) is -0.811. The molecule has 0 amide bonds. The Morgan fingerprint density at radius 3 is 2.25 bits per heavy atom. The van der Waals surface area contributed by atoms with Crippen LogP contribution in [0.1, 0.15) is 0 Å². The second kappa shape index (κ2) is 4.18. The summed E-state index contributed by atoms with van der Waals surface area (Å²) in [7, 11) is -4.23. The zero-order chi connectivity index (χ0) is 12.7. The molecule has 0 bridgehead atoms. The highest BCUT2D eigenvalue weighted by molar-refractivity contribution is 7.91. The molecule has 0 aliphatic carbocycles. The van der Waals surface area contributed by atoms with E-state index in [1.165, 1.54) is 0 Å². The van der Waals surface area contributed by atoms with Crippen LogP contribution in [0.5, 0.6) is 0 Å². The lowest BCUT2D eigenvalue weighted by Gasteiger charge is -2.23. The molecule has 0 aromatic heterocycles. The molecule has 16 heavy (non-hydrogen) atoms. The Morgan fingerprint density at radius 1 is 1.44 bits per heavy atom. The van der Waals surface area contributed by atoms with Gasteiger partial charge in [-0.15, -0.1) is 0 Å². The van der Waals surface area contributed by atoms with E-state index in [1.54, 1.807) is 0 Å². The van der Waals surface area contributed by atoms with Crippen molar-refractivity contribution in [2.75, 3.05) is 12.9 Å². The third-order valence-corrected chi connectivity index (χ3v) is 3.84. The number of aliphatic hydroxyl groups excluding tert-OH is 4. The van der Waals surface area contributed by atoms with E-state index < -0.39 is 46.0 Å². The number of hydrogen-bond donors (Lipinski definition) is 5. The quantitative estimate of drug-likeness (QED) is 0.346. The molecule has 1 saturated heterocycles. The van der Waals surface area contributed by atoms with Gasteiger partial charge in [0.15, 0.2) is 6.10 Å². The summed E-state index contributed by atoms with van der Waals surface area (Å²) in [5.41, 5.74) is 0. The Labute approximate surface area is 91.6 Å². The molecule has 0 spiro atoms. The van der Waals surface area contributed by atoms with E-state index in [0.29, 0.717) is 6.26 Å². The van der Waals surface area contributed by atoms with E-state index in [4.69, 9.17) is 5.11 Å². The van der Waals surface area contributed by atoms with Crippen LogP contribution < -0.4 is 0 Å². The average molecular weight is 258 g/mol. The summed E-state index contributed by atoms with van der Waals surface area (Å²) in [5, 5.41) is 43.2. The lowest BCUT2D eigenvalue weighted by atomic mass is 10.1. The molecule has 1 aliphatic heterocycles. The maximum atomic E-state index is 11.2. The van der Waals surface area contributed by atoms with Gasteiger partial charge in [-0.05, 0) is 0 Å². The summed E-state index contributed by atoms with van der Waals surface area (Å²) < 4.78 is 26.9. The molecule has 0 aromatic carbocycles. The van der Waals surface area contributed by atoms with Crippen molar-refractivity contribution in [3.05, 3.63) is 0 Å². The molecular weight excluding hydrogens is 244 g/mol. The molecule has 1 aliphatic rings. The van der Waals surface area contributed by atoms with Gasteiger partial charge < -0.3 is 30.3 Å². The highest BCUT2D eigenvalue weighted by Crippen LogP contribution is 2.34. The monoisotopic (exact) mass is 258 g/mol. The van der Waals surface area contributed by atoms with Gasteiger partial charge in [0, 0.05) is 6.26 Å². The van der Waals surface area contributed by atoms with Crippen LogP contribution in [-0.4, -0.2) is 76.3 Å². The van der Waals surface area contributed by atoms with Gasteiger partial charge in [0.05, 0.1) is 6.61 Å². The van der Waals surface area contributed by atoms with Crippen LogP contribution in [0.4, 0.5) is 0 Å². The van der Waals surface area contributed by atoms with Gasteiger partial charge in [-0.2, -0.15) is 0 Å². The third-order valence-electron chi connectivity index (χ3n) is 2.44. The lowest BCUT2D eigenvalue weighted by molar-refractivity contribution is -0.181. The van der Waals surface area contributed by atoms with E-state index in [9.17, 15) is 28.8 Å². The molecule has 0 unspecified atom stereocenters. The normalized spacial score (nSPS) is 42.2. The van der Waals surface area contributed by atoms with Crippen molar-refractivity contribution < 1.29 is 38.7 Å². The zero-order valence-corrected chi connectivity index (χ0v) is 9.20. The number of ether oxygens (including phenoxy) is 1.